The third-order valence-corrected chi connectivity index (χ3v) is 6.08. The molecule has 0 bridgehead atoms. The molecule has 0 spiro atoms. The predicted molar refractivity (Wildman–Crippen MR) is 151 cm³/mol. The number of benzene rings is 2. The Morgan fingerprint density at radius 2 is 1.70 bits per heavy atom. The number of methoxy groups -OCH3 is 2. The molecule has 0 saturated heterocycles. The van der Waals surface area contributed by atoms with Crippen LogP contribution in [0.3, 0.4) is 0 Å². The van der Waals surface area contributed by atoms with Crippen LogP contribution in [0, 0.1) is 0 Å². The third kappa shape index (κ3) is 7.20. The maximum Gasteiger partial charge on any atom is 0.269 e. The van der Waals surface area contributed by atoms with E-state index < -0.39 is 0 Å². The molecular formula is C29H33N5O6. The second kappa shape index (κ2) is 14.2. The number of nitrogens with zero attached hydrogens (tertiary/aromatic N) is 4. The Hall–Kier alpha value is -4.32. The van der Waals surface area contributed by atoms with Crippen molar-refractivity contribution in [3.8, 4) is 22.8 Å². The number of pyridine rings is 1. The van der Waals surface area contributed by atoms with Crippen molar-refractivity contribution in [1.29, 1.82) is 0 Å². The fourth-order valence-corrected chi connectivity index (χ4v) is 4.10. The summed E-state index contributed by atoms with van der Waals surface area (Å²) in [6.07, 6.45) is 3.78. The van der Waals surface area contributed by atoms with E-state index in [-0.39, 0.29) is 31.4 Å². The number of amides is 1. The van der Waals surface area contributed by atoms with Gasteiger partial charge in [-0.05, 0) is 36.8 Å². The molecule has 4 rings (SSSR count). The van der Waals surface area contributed by atoms with E-state index in [4.69, 9.17) is 24.3 Å². The summed E-state index contributed by atoms with van der Waals surface area (Å²) in [4.78, 5) is 28.2. The normalized spacial score (nSPS) is 10.9. The summed E-state index contributed by atoms with van der Waals surface area (Å²) in [5.41, 5.74) is 4.64. The molecular weight excluding hydrogens is 514 g/mol. The first-order chi connectivity index (χ1) is 19.6. The van der Waals surface area contributed by atoms with Gasteiger partial charge in [0, 0.05) is 61.0 Å². The van der Waals surface area contributed by atoms with Crippen molar-refractivity contribution in [3.63, 3.8) is 0 Å². The van der Waals surface area contributed by atoms with Gasteiger partial charge >= 0.3 is 0 Å². The number of carbonyl (C=O) groups is 1. The smallest absolute Gasteiger partial charge is 0.269 e. The Labute approximate surface area is 232 Å². The van der Waals surface area contributed by atoms with E-state index in [1.54, 1.807) is 44.8 Å². The zero-order valence-electron chi connectivity index (χ0n) is 22.5. The van der Waals surface area contributed by atoms with Crippen molar-refractivity contribution in [1.82, 2.24) is 20.3 Å². The van der Waals surface area contributed by atoms with E-state index in [2.05, 4.69) is 20.2 Å². The van der Waals surface area contributed by atoms with Crippen LogP contribution in [-0.4, -0.2) is 84.8 Å². The van der Waals surface area contributed by atoms with Crippen molar-refractivity contribution in [3.05, 3.63) is 66.6 Å². The van der Waals surface area contributed by atoms with Crippen molar-refractivity contribution < 1.29 is 29.2 Å². The molecule has 4 aromatic rings. The van der Waals surface area contributed by atoms with Crippen molar-refractivity contribution in [2.24, 2.45) is 0 Å². The number of anilines is 2. The van der Waals surface area contributed by atoms with Gasteiger partial charge in [-0.3, -0.25) is 14.8 Å². The van der Waals surface area contributed by atoms with Gasteiger partial charge in [-0.25, -0.2) is 4.98 Å². The number of carbonyl (C=O) groups excluding carboxylic acids is 1. The van der Waals surface area contributed by atoms with E-state index in [1.165, 1.54) is 0 Å². The van der Waals surface area contributed by atoms with Gasteiger partial charge in [0.25, 0.3) is 5.91 Å². The molecule has 11 nitrogen and oxygen atoms in total. The Morgan fingerprint density at radius 3 is 2.42 bits per heavy atom. The van der Waals surface area contributed by atoms with E-state index in [0.29, 0.717) is 59.9 Å². The SMILES string of the molecule is COc1cc(OC)cc(N(CCCO)c2ccc3ncc(-c4ccnc(C(=O)NCCOCCO)c4)nc3c2)c1. The highest BCUT2D eigenvalue weighted by atomic mass is 16.5. The molecule has 0 aliphatic rings. The first-order valence-electron chi connectivity index (χ1n) is 12.9. The molecule has 11 heteroatoms. The monoisotopic (exact) mass is 547 g/mol. The molecule has 3 N–H and O–H groups in total. The maximum absolute atomic E-state index is 12.5. The van der Waals surface area contributed by atoms with Crippen LogP contribution in [0.15, 0.2) is 60.9 Å². The molecule has 210 valence electrons. The number of fused-ring (bicyclic) bond motifs is 1. The molecule has 2 aromatic heterocycles. The number of hydrogen-bond acceptors (Lipinski definition) is 10. The van der Waals surface area contributed by atoms with Crippen LogP contribution in [0.1, 0.15) is 16.9 Å². The number of aromatic nitrogens is 3. The van der Waals surface area contributed by atoms with Crippen LogP contribution < -0.4 is 19.7 Å². The lowest BCUT2D eigenvalue weighted by molar-refractivity contribution is 0.0835. The van der Waals surface area contributed by atoms with Crippen LogP contribution in [0.2, 0.25) is 0 Å². The maximum atomic E-state index is 12.5. The minimum absolute atomic E-state index is 0.0444. The Morgan fingerprint density at radius 1 is 0.900 bits per heavy atom. The topological polar surface area (TPSA) is 139 Å². The Balaban J connectivity index is 1.63. The molecule has 0 radical (unpaired) electrons. The summed E-state index contributed by atoms with van der Waals surface area (Å²) in [6, 6.07) is 14.9. The van der Waals surface area contributed by atoms with Crippen molar-refractivity contribution in [2.45, 2.75) is 6.42 Å². The summed E-state index contributed by atoms with van der Waals surface area (Å²) in [5, 5.41) is 21.1. The van der Waals surface area contributed by atoms with E-state index in [9.17, 15) is 9.90 Å². The average Bonchev–Trinajstić information content (AvgIpc) is 3.00. The molecule has 0 aliphatic carbocycles. The first-order valence-corrected chi connectivity index (χ1v) is 12.9. The van der Waals surface area contributed by atoms with Gasteiger partial charge < -0.3 is 34.6 Å². The van der Waals surface area contributed by atoms with Gasteiger partial charge in [-0.2, -0.15) is 0 Å². The summed E-state index contributed by atoms with van der Waals surface area (Å²) < 4.78 is 16.1. The van der Waals surface area contributed by atoms with Gasteiger partial charge in [0.2, 0.25) is 0 Å². The number of nitrogens with one attached hydrogen (secondary N) is 1. The summed E-state index contributed by atoms with van der Waals surface area (Å²) in [5.74, 6) is 0.974. The molecule has 0 aliphatic heterocycles. The lowest BCUT2D eigenvalue weighted by Crippen LogP contribution is -2.28. The number of rotatable bonds is 14. The molecule has 40 heavy (non-hydrogen) atoms. The Bertz CT molecular complexity index is 1410. The van der Waals surface area contributed by atoms with E-state index in [1.807, 2.05) is 30.3 Å². The second-order valence-electron chi connectivity index (χ2n) is 8.75. The van der Waals surface area contributed by atoms with Crippen LogP contribution in [0.25, 0.3) is 22.3 Å². The first kappa shape index (κ1) is 28.7. The standard InChI is InChI=1S/C29H33N5O6/c1-38-23-15-22(16-24(18-23)39-2)34(9-3-10-35)21-4-5-25-26(17-21)33-28(19-32-25)20-6-7-30-27(14-20)29(37)31-8-12-40-13-11-36/h4-7,14-19,35-36H,3,8-13H2,1-2H3,(H,31,37). The number of hydrogen-bond donors (Lipinski definition) is 3. The summed E-state index contributed by atoms with van der Waals surface area (Å²) in [6.45, 7) is 1.35. The van der Waals surface area contributed by atoms with Crippen LogP contribution in [-0.2, 0) is 4.74 Å². The molecule has 2 aromatic carbocycles. The molecule has 0 fully saturated rings. The van der Waals surface area contributed by atoms with Gasteiger partial charge in [0.05, 0.1) is 57.0 Å². The van der Waals surface area contributed by atoms with Crippen molar-refractivity contribution >= 4 is 28.3 Å². The highest BCUT2D eigenvalue weighted by molar-refractivity contribution is 5.93. The second-order valence-corrected chi connectivity index (χ2v) is 8.75. The molecule has 1 amide bonds. The highest BCUT2D eigenvalue weighted by Gasteiger charge is 2.15. The van der Waals surface area contributed by atoms with Gasteiger partial charge in [0.1, 0.15) is 17.2 Å². The van der Waals surface area contributed by atoms with Gasteiger partial charge in [-0.1, -0.05) is 0 Å². The average molecular weight is 548 g/mol. The number of aliphatic hydroxyl groups is 2. The van der Waals surface area contributed by atoms with Gasteiger partial charge in [-0.15, -0.1) is 0 Å². The highest BCUT2D eigenvalue weighted by Crippen LogP contribution is 2.34. The summed E-state index contributed by atoms with van der Waals surface area (Å²) >= 11 is 0. The quantitative estimate of drug-likeness (QED) is 0.202. The van der Waals surface area contributed by atoms with Crippen LogP contribution in [0.4, 0.5) is 11.4 Å². The fraction of sp³-hybridized carbons (Fsp3) is 0.310. The van der Waals surface area contributed by atoms with Crippen molar-refractivity contribution in [2.75, 3.05) is 58.6 Å². The molecule has 0 unspecified atom stereocenters. The zero-order chi connectivity index (χ0) is 28.3. The molecule has 0 atom stereocenters. The van der Waals surface area contributed by atoms with Crippen LogP contribution >= 0.6 is 0 Å². The molecule has 2 heterocycles. The lowest BCUT2D eigenvalue weighted by Gasteiger charge is -2.26. The summed E-state index contributed by atoms with van der Waals surface area (Å²) in [7, 11) is 3.21. The minimum Gasteiger partial charge on any atom is -0.497 e. The van der Waals surface area contributed by atoms with Crippen LogP contribution in [0.5, 0.6) is 11.5 Å². The zero-order valence-corrected chi connectivity index (χ0v) is 22.5. The fourth-order valence-electron chi connectivity index (χ4n) is 4.10. The number of aliphatic hydroxyl groups excluding tert-OH is 2. The minimum atomic E-state index is -0.335. The third-order valence-electron chi connectivity index (χ3n) is 6.08. The largest absolute Gasteiger partial charge is 0.497 e. The lowest BCUT2D eigenvalue weighted by atomic mass is 10.1. The van der Waals surface area contributed by atoms with E-state index in [0.717, 1.165) is 11.4 Å². The van der Waals surface area contributed by atoms with Gasteiger partial charge in [0.15, 0.2) is 0 Å². The predicted octanol–water partition coefficient (Wildman–Crippen LogP) is 2.97. The number of ether oxygens (including phenoxy) is 3. The van der Waals surface area contributed by atoms with E-state index >= 15 is 0 Å². The molecule has 0 saturated carbocycles. The Kier molecular flexibility index (Phi) is 10.2.